The monoisotopic (exact) mass is 310 g/mol. The number of nitrogens with one attached hydrogen (secondary N) is 1. The molecule has 0 spiro atoms. The van der Waals surface area contributed by atoms with Crippen molar-refractivity contribution in [1.29, 1.82) is 0 Å². The standard InChI is InChI=1S/C12H14N4O2S2/c17-11(15-12-13-1-6-19-12)9-8-20-10(14-9)7-16-2-4-18-5-3-16/h1,6,8H,2-5,7H2,(H,13,15,17). The van der Waals surface area contributed by atoms with Gasteiger partial charge in [-0.1, -0.05) is 0 Å². The van der Waals surface area contributed by atoms with Crippen molar-refractivity contribution in [2.24, 2.45) is 0 Å². The summed E-state index contributed by atoms with van der Waals surface area (Å²) in [5.41, 5.74) is 0.452. The Morgan fingerprint density at radius 1 is 1.40 bits per heavy atom. The van der Waals surface area contributed by atoms with Crippen LogP contribution in [0, 0.1) is 0 Å². The largest absolute Gasteiger partial charge is 0.379 e. The van der Waals surface area contributed by atoms with Crippen molar-refractivity contribution >= 4 is 33.7 Å². The fourth-order valence-corrected chi connectivity index (χ4v) is 3.22. The van der Waals surface area contributed by atoms with Crippen LogP contribution in [0.4, 0.5) is 5.13 Å². The first-order chi connectivity index (χ1) is 9.81. The highest BCUT2D eigenvalue weighted by atomic mass is 32.1. The Labute approximate surface area is 124 Å². The minimum absolute atomic E-state index is 0.204. The molecule has 3 rings (SSSR count). The quantitative estimate of drug-likeness (QED) is 0.930. The van der Waals surface area contributed by atoms with Crippen molar-refractivity contribution in [3.8, 4) is 0 Å². The smallest absolute Gasteiger partial charge is 0.276 e. The maximum absolute atomic E-state index is 12.0. The number of rotatable bonds is 4. The molecule has 0 aromatic carbocycles. The van der Waals surface area contributed by atoms with Gasteiger partial charge in [-0.25, -0.2) is 9.97 Å². The van der Waals surface area contributed by atoms with Gasteiger partial charge >= 0.3 is 0 Å². The van der Waals surface area contributed by atoms with Gasteiger partial charge in [-0.2, -0.15) is 0 Å². The number of hydrogen-bond donors (Lipinski definition) is 1. The first-order valence-corrected chi connectivity index (χ1v) is 8.02. The van der Waals surface area contributed by atoms with Gasteiger partial charge in [0.15, 0.2) is 5.13 Å². The van der Waals surface area contributed by atoms with E-state index >= 15 is 0 Å². The van der Waals surface area contributed by atoms with Crippen molar-refractivity contribution in [2.45, 2.75) is 6.54 Å². The third-order valence-electron chi connectivity index (χ3n) is 2.90. The van der Waals surface area contributed by atoms with Crippen molar-refractivity contribution in [3.05, 3.63) is 27.7 Å². The topological polar surface area (TPSA) is 67.4 Å². The number of anilines is 1. The molecule has 0 saturated carbocycles. The molecule has 1 aliphatic heterocycles. The van der Waals surface area contributed by atoms with Crippen LogP contribution in [-0.2, 0) is 11.3 Å². The highest BCUT2D eigenvalue weighted by molar-refractivity contribution is 7.13. The number of thiazole rings is 2. The van der Waals surface area contributed by atoms with Crippen LogP contribution in [0.3, 0.4) is 0 Å². The molecule has 106 valence electrons. The molecule has 1 N–H and O–H groups in total. The van der Waals surface area contributed by atoms with Crippen LogP contribution in [-0.4, -0.2) is 47.1 Å². The van der Waals surface area contributed by atoms with Crippen LogP contribution in [0.1, 0.15) is 15.5 Å². The number of carbonyl (C=O) groups excluding carboxylic acids is 1. The van der Waals surface area contributed by atoms with Crippen molar-refractivity contribution in [3.63, 3.8) is 0 Å². The van der Waals surface area contributed by atoms with Crippen molar-refractivity contribution in [2.75, 3.05) is 31.6 Å². The molecule has 2 aromatic rings. The Morgan fingerprint density at radius 3 is 3.00 bits per heavy atom. The Kier molecular flexibility index (Phi) is 4.36. The molecule has 0 aliphatic carbocycles. The lowest BCUT2D eigenvalue weighted by Gasteiger charge is -2.25. The van der Waals surface area contributed by atoms with Gasteiger partial charge in [-0.15, -0.1) is 22.7 Å². The minimum atomic E-state index is -0.204. The van der Waals surface area contributed by atoms with Crippen molar-refractivity contribution < 1.29 is 9.53 Å². The van der Waals surface area contributed by atoms with Gasteiger partial charge in [0.2, 0.25) is 0 Å². The number of amides is 1. The fourth-order valence-electron chi connectivity index (χ4n) is 1.88. The minimum Gasteiger partial charge on any atom is -0.379 e. The Hall–Kier alpha value is -1.35. The highest BCUT2D eigenvalue weighted by Crippen LogP contribution is 2.16. The molecular weight excluding hydrogens is 296 g/mol. The normalized spacial score (nSPS) is 16.2. The van der Waals surface area contributed by atoms with Gasteiger partial charge < -0.3 is 4.74 Å². The van der Waals surface area contributed by atoms with E-state index in [9.17, 15) is 4.79 Å². The van der Waals surface area contributed by atoms with Gasteiger partial charge in [0, 0.05) is 30.0 Å². The summed E-state index contributed by atoms with van der Waals surface area (Å²) in [6.07, 6.45) is 1.66. The Bertz CT molecular complexity index is 564. The summed E-state index contributed by atoms with van der Waals surface area (Å²) in [5.74, 6) is -0.204. The molecule has 0 unspecified atom stereocenters. The van der Waals surface area contributed by atoms with Crippen molar-refractivity contribution in [1.82, 2.24) is 14.9 Å². The summed E-state index contributed by atoms with van der Waals surface area (Å²) in [6, 6.07) is 0. The Balaban J connectivity index is 1.59. The first-order valence-electron chi connectivity index (χ1n) is 6.26. The van der Waals surface area contributed by atoms with E-state index in [2.05, 4.69) is 20.2 Å². The lowest BCUT2D eigenvalue weighted by molar-refractivity contribution is 0.0341. The second-order valence-corrected chi connectivity index (χ2v) is 6.14. The van der Waals surface area contributed by atoms with Gasteiger partial charge in [0.1, 0.15) is 10.7 Å². The average Bonchev–Trinajstić information content (AvgIpc) is 3.11. The molecule has 1 amide bonds. The summed E-state index contributed by atoms with van der Waals surface area (Å²) < 4.78 is 5.31. The first kappa shape index (κ1) is 13.6. The van der Waals surface area contributed by atoms with Crippen LogP contribution < -0.4 is 5.32 Å². The summed E-state index contributed by atoms with van der Waals surface area (Å²) >= 11 is 2.90. The van der Waals surface area contributed by atoms with Gasteiger partial charge in [0.25, 0.3) is 5.91 Å². The van der Waals surface area contributed by atoms with Crippen LogP contribution in [0.5, 0.6) is 0 Å². The van der Waals surface area contributed by atoms with E-state index in [0.29, 0.717) is 10.8 Å². The molecule has 1 aliphatic rings. The van der Waals surface area contributed by atoms with E-state index in [4.69, 9.17) is 4.74 Å². The zero-order valence-corrected chi connectivity index (χ0v) is 12.4. The summed E-state index contributed by atoms with van der Waals surface area (Å²) in [6.45, 7) is 4.14. The molecule has 0 atom stereocenters. The lowest BCUT2D eigenvalue weighted by Crippen LogP contribution is -2.35. The fraction of sp³-hybridized carbons (Fsp3) is 0.417. The van der Waals surface area contributed by atoms with Crippen LogP contribution in [0.25, 0.3) is 0 Å². The third-order valence-corrected chi connectivity index (χ3v) is 4.42. The maximum atomic E-state index is 12.0. The maximum Gasteiger partial charge on any atom is 0.276 e. The number of carbonyl (C=O) groups is 1. The molecule has 2 aromatic heterocycles. The van der Waals surface area contributed by atoms with E-state index in [0.717, 1.165) is 37.9 Å². The predicted octanol–water partition coefficient (Wildman–Crippen LogP) is 1.68. The molecule has 0 bridgehead atoms. The highest BCUT2D eigenvalue weighted by Gasteiger charge is 2.15. The molecular formula is C12H14N4O2S2. The molecule has 1 fully saturated rings. The predicted molar refractivity (Wildman–Crippen MR) is 78.3 cm³/mol. The molecule has 3 heterocycles. The molecule has 0 radical (unpaired) electrons. The second kappa shape index (κ2) is 6.40. The summed E-state index contributed by atoms with van der Waals surface area (Å²) in [4.78, 5) is 22.7. The summed E-state index contributed by atoms with van der Waals surface area (Å²) in [5, 5.41) is 7.89. The van der Waals surface area contributed by atoms with Crippen LogP contribution >= 0.6 is 22.7 Å². The zero-order chi connectivity index (χ0) is 13.8. The van der Waals surface area contributed by atoms with Gasteiger partial charge in [0.05, 0.1) is 19.8 Å². The van der Waals surface area contributed by atoms with Gasteiger partial charge in [-0.3, -0.25) is 15.0 Å². The zero-order valence-electron chi connectivity index (χ0n) is 10.7. The van der Waals surface area contributed by atoms with E-state index in [1.807, 2.05) is 5.38 Å². The van der Waals surface area contributed by atoms with E-state index in [1.54, 1.807) is 11.6 Å². The number of ether oxygens (including phenoxy) is 1. The molecule has 8 heteroatoms. The summed E-state index contributed by atoms with van der Waals surface area (Å²) in [7, 11) is 0. The SMILES string of the molecule is O=C(Nc1nccs1)c1csc(CN2CCOCC2)n1. The number of hydrogen-bond acceptors (Lipinski definition) is 7. The van der Waals surface area contributed by atoms with E-state index in [1.165, 1.54) is 22.7 Å². The lowest BCUT2D eigenvalue weighted by atomic mass is 10.4. The Morgan fingerprint density at radius 2 is 2.25 bits per heavy atom. The van der Waals surface area contributed by atoms with E-state index < -0.39 is 0 Å². The third kappa shape index (κ3) is 3.40. The number of nitrogens with zero attached hydrogens (tertiary/aromatic N) is 3. The molecule has 6 nitrogen and oxygen atoms in total. The number of aromatic nitrogens is 2. The molecule has 1 saturated heterocycles. The van der Waals surface area contributed by atoms with Crippen LogP contribution in [0.15, 0.2) is 17.0 Å². The average molecular weight is 310 g/mol. The van der Waals surface area contributed by atoms with Gasteiger partial charge in [-0.05, 0) is 0 Å². The number of morpholine rings is 1. The van der Waals surface area contributed by atoms with Crippen LogP contribution in [0.2, 0.25) is 0 Å². The molecule has 20 heavy (non-hydrogen) atoms. The van der Waals surface area contributed by atoms with E-state index in [-0.39, 0.29) is 5.91 Å². The second-order valence-electron chi connectivity index (χ2n) is 4.31.